The minimum atomic E-state index is -0.338. The Labute approximate surface area is 222 Å². The number of rotatable bonds is 2. The molecule has 8 unspecified atom stereocenters. The Hall–Kier alpha value is -1.14. The van der Waals surface area contributed by atoms with E-state index >= 15 is 0 Å². The summed E-state index contributed by atoms with van der Waals surface area (Å²) in [6.45, 7) is 23.1. The number of nitrogens with zero attached hydrogens (tertiary/aromatic N) is 1. The highest BCUT2D eigenvalue weighted by atomic mass is 16.3. The maximum Gasteiger partial charge on any atom is 0.106 e. The van der Waals surface area contributed by atoms with Crippen molar-refractivity contribution >= 4 is 0 Å². The minimum absolute atomic E-state index is 0.00569. The van der Waals surface area contributed by atoms with Crippen LogP contribution in [0, 0.1) is 69.0 Å². The maximum atomic E-state index is 12.3. The predicted octanol–water partition coefficient (Wildman–Crippen LogP) is 8.80. The summed E-state index contributed by atoms with van der Waals surface area (Å²) in [5.41, 5.74) is 1.82. The number of aliphatic hydroxyl groups excluding tert-OH is 1. The number of allylic oxidation sites excluding steroid dienone is 1. The Morgan fingerprint density at radius 2 is 1.47 bits per heavy atom. The maximum absolute atomic E-state index is 12.3. The number of hydrogen-bond donors (Lipinski definition) is 1. The van der Waals surface area contributed by atoms with Gasteiger partial charge in [-0.25, -0.2) is 0 Å². The lowest BCUT2D eigenvalue weighted by Crippen LogP contribution is -2.67. The molecule has 36 heavy (non-hydrogen) atoms. The van der Waals surface area contributed by atoms with E-state index in [0.717, 1.165) is 32.1 Å². The highest BCUT2D eigenvalue weighted by molar-refractivity contribution is 5.23. The van der Waals surface area contributed by atoms with Crippen LogP contribution in [0.4, 0.5) is 0 Å². The number of fused-ring (bicyclic) bond motifs is 7. The van der Waals surface area contributed by atoms with Gasteiger partial charge in [0, 0.05) is 0 Å². The molecule has 5 fully saturated rings. The lowest BCUT2D eigenvalue weighted by atomic mass is 9.32. The first kappa shape index (κ1) is 29.4. The molecule has 5 aliphatic carbocycles. The average Bonchev–Trinajstić information content (AvgIpc) is 3.25. The minimum Gasteiger partial charge on any atom is -0.393 e. The van der Waals surface area contributed by atoms with E-state index in [4.69, 9.17) is 0 Å². The molecule has 0 bridgehead atoms. The molecule has 1 N–H and O–H groups in total. The van der Waals surface area contributed by atoms with Gasteiger partial charge in [0.25, 0.3) is 0 Å². The molecular weight excluding hydrogens is 442 g/mol. The van der Waals surface area contributed by atoms with Gasteiger partial charge >= 0.3 is 0 Å². The van der Waals surface area contributed by atoms with Crippen molar-refractivity contribution in [1.29, 1.82) is 0 Å². The Kier molecular flexibility index (Phi) is 8.07. The van der Waals surface area contributed by atoms with E-state index in [1.807, 2.05) is 13.8 Å². The summed E-state index contributed by atoms with van der Waals surface area (Å²) in [5.74, 6) is 2.76. The van der Waals surface area contributed by atoms with Gasteiger partial charge in [0.2, 0.25) is 0 Å². The zero-order valence-corrected chi connectivity index (χ0v) is 24.7. The van der Waals surface area contributed by atoms with Crippen LogP contribution in [-0.2, 0) is 0 Å². The van der Waals surface area contributed by atoms with Gasteiger partial charge in [-0.1, -0.05) is 65.8 Å². The second-order valence-electron chi connectivity index (χ2n) is 14.3. The molecule has 3 nitrogen and oxygen atoms in total. The molecule has 0 aromatic rings. The van der Waals surface area contributed by atoms with Crippen LogP contribution in [0.3, 0.4) is 0 Å². The lowest BCUT2D eigenvalue weighted by Gasteiger charge is -2.72. The fourth-order valence-electron chi connectivity index (χ4n) is 11.3. The van der Waals surface area contributed by atoms with E-state index in [-0.39, 0.29) is 22.5 Å². The quantitative estimate of drug-likeness (QED) is 0.235. The van der Waals surface area contributed by atoms with Gasteiger partial charge in [-0.15, -0.1) is 12.8 Å². The van der Waals surface area contributed by atoms with Gasteiger partial charge in [-0.3, -0.25) is 0 Å². The Bertz CT molecular complexity index is 861. The van der Waals surface area contributed by atoms with Crippen LogP contribution >= 0.6 is 0 Å². The van der Waals surface area contributed by atoms with Crippen molar-refractivity contribution < 1.29 is 5.11 Å². The van der Waals surface area contributed by atoms with Crippen molar-refractivity contribution in [3.63, 3.8) is 0 Å². The van der Waals surface area contributed by atoms with Crippen molar-refractivity contribution in [3.05, 3.63) is 17.1 Å². The van der Waals surface area contributed by atoms with Gasteiger partial charge in [0.15, 0.2) is 0 Å². The fourth-order valence-corrected chi connectivity index (χ4v) is 11.3. The van der Waals surface area contributed by atoms with Crippen molar-refractivity contribution in [3.8, 4) is 12.8 Å². The number of hydrogen-bond acceptors (Lipinski definition) is 3. The third kappa shape index (κ3) is 3.71. The summed E-state index contributed by atoms with van der Waals surface area (Å²) in [5, 5.41) is 14.8. The van der Waals surface area contributed by atoms with Gasteiger partial charge < -0.3 is 5.11 Å². The largest absolute Gasteiger partial charge is 0.393 e. The van der Waals surface area contributed by atoms with E-state index in [0.29, 0.717) is 40.4 Å². The van der Waals surface area contributed by atoms with Gasteiger partial charge in [0.05, 0.1) is 6.10 Å². The monoisotopic (exact) mass is 497 g/mol. The normalized spacial score (nSPS) is 50.3. The van der Waals surface area contributed by atoms with E-state index in [2.05, 4.69) is 66.1 Å². The van der Waals surface area contributed by atoms with Crippen LogP contribution in [0.2, 0.25) is 0 Å². The van der Waals surface area contributed by atoms with E-state index in [1.165, 1.54) is 37.7 Å². The van der Waals surface area contributed by atoms with Gasteiger partial charge in [0.1, 0.15) is 5.54 Å². The van der Waals surface area contributed by atoms with Crippen molar-refractivity contribution in [2.24, 2.45) is 56.4 Å². The second kappa shape index (κ2) is 9.87. The molecule has 0 spiro atoms. The summed E-state index contributed by atoms with van der Waals surface area (Å²) >= 11 is 0. The summed E-state index contributed by atoms with van der Waals surface area (Å²) in [6, 6.07) is 0. The first-order valence-electron chi connectivity index (χ1n) is 14.9. The van der Waals surface area contributed by atoms with E-state index < -0.39 is 0 Å². The smallest absolute Gasteiger partial charge is 0.106 e. The molecule has 0 aliphatic heterocycles. The second-order valence-corrected chi connectivity index (χ2v) is 14.3. The highest BCUT2D eigenvalue weighted by Gasteiger charge is 2.71. The molecule has 204 valence electrons. The van der Waals surface area contributed by atoms with Crippen molar-refractivity contribution in [2.75, 3.05) is 0 Å². The molecule has 0 saturated heterocycles. The summed E-state index contributed by atoms with van der Waals surface area (Å²) in [4.78, 5) is 12.3. The average molecular weight is 498 g/mol. The number of nitroso groups, excluding NO2 is 1. The number of aliphatic hydroxyl groups is 1. The zero-order chi connectivity index (χ0) is 27.3. The Morgan fingerprint density at radius 1 is 0.833 bits per heavy atom. The highest BCUT2D eigenvalue weighted by Crippen LogP contribution is 2.76. The standard InChI is InChI=1S/C29H47NO2.C2H6.C2H2/c1-18(2)19-10-15-29(30-32)17-16-27(6)20(24(19)29)8-9-22-26(5)13-12-23(31)25(3,4)21(26)11-14-28(22,27)7;2*1-2/h19-24,31H,1,8-17H2,2-7H3;1-2H3;1-2H/t19-,20?,21?,22?,23?,24?,26?,27+,28?,29?;;/m0../s1. The predicted molar refractivity (Wildman–Crippen MR) is 152 cm³/mol. The van der Waals surface area contributed by atoms with E-state index in [9.17, 15) is 10.0 Å². The van der Waals surface area contributed by atoms with E-state index in [1.54, 1.807) is 0 Å². The lowest BCUT2D eigenvalue weighted by molar-refractivity contribution is -0.242. The van der Waals surface area contributed by atoms with Crippen LogP contribution < -0.4 is 0 Å². The summed E-state index contributed by atoms with van der Waals surface area (Å²) < 4.78 is 0. The first-order valence-corrected chi connectivity index (χ1v) is 14.9. The number of terminal acetylenes is 1. The molecule has 0 radical (unpaired) electrons. The topological polar surface area (TPSA) is 49.7 Å². The van der Waals surface area contributed by atoms with Crippen LogP contribution in [0.5, 0.6) is 0 Å². The zero-order valence-electron chi connectivity index (χ0n) is 24.7. The van der Waals surface area contributed by atoms with Gasteiger partial charge in [-0.05, 0) is 122 Å². The van der Waals surface area contributed by atoms with Crippen molar-refractivity contribution in [1.82, 2.24) is 0 Å². The molecule has 0 heterocycles. The molecule has 0 aromatic carbocycles. The van der Waals surface area contributed by atoms with Crippen LogP contribution in [0.15, 0.2) is 17.3 Å². The molecular formula is C33H55NO2. The Balaban J connectivity index is 0.000000861. The third-order valence-corrected chi connectivity index (χ3v) is 13.2. The van der Waals surface area contributed by atoms with Crippen LogP contribution in [-0.4, -0.2) is 16.7 Å². The summed E-state index contributed by atoms with van der Waals surface area (Å²) in [6.07, 6.45) is 19.2. The molecule has 5 rings (SSSR count). The molecule has 10 atom stereocenters. The van der Waals surface area contributed by atoms with Crippen molar-refractivity contribution in [2.45, 2.75) is 131 Å². The third-order valence-electron chi connectivity index (χ3n) is 13.2. The molecule has 5 aliphatic rings. The Morgan fingerprint density at radius 3 is 2.06 bits per heavy atom. The SMILES string of the molecule is C#C.C=C(C)[C@@H]1CCC2(N=O)CC[C@]3(C)C(CCC4C5(C)CCC(O)C(C)(C)C5CCC43C)C12.CC. The molecule has 5 saturated carbocycles. The molecule has 0 amide bonds. The van der Waals surface area contributed by atoms with Crippen LogP contribution in [0.1, 0.15) is 120 Å². The first-order chi connectivity index (χ1) is 16.9. The van der Waals surface area contributed by atoms with Gasteiger partial charge in [-0.2, -0.15) is 4.91 Å². The van der Waals surface area contributed by atoms with Crippen LogP contribution in [0.25, 0.3) is 0 Å². The molecule has 3 heteroatoms. The summed E-state index contributed by atoms with van der Waals surface area (Å²) in [7, 11) is 0. The fraction of sp³-hybridized carbons (Fsp3) is 0.879. The molecule has 0 aromatic heterocycles.